The Morgan fingerprint density at radius 1 is 1.61 bits per heavy atom. The summed E-state index contributed by atoms with van der Waals surface area (Å²) in [6, 6.07) is -0.814. The van der Waals surface area contributed by atoms with Crippen molar-refractivity contribution in [1.82, 2.24) is 4.57 Å². The highest BCUT2D eigenvalue weighted by molar-refractivity contribution is 7.98. The number of aromatic nitrogens is 2. The van der Waals surface area contributed by atoms with Crippen LogP contribution < -0.4 is 4.73 Å². The quantitative estimate of drug-likeness (QED) is 0.474. The molecule has 0 aromatic carbocycles. The van der Waals surface area contributed by atoms with Crippen LogP contribution in [0.25, 0.3) is 0 Å². The number of hydrogen-bond donors (Lipinski definition) is 1. The second-order valence-corrected chi connectivity index (χ2v) is 4.96. The number of nitrogens with zero attached hydrogens (tertiary/aromatic N) is 2. The van der Waals surface area contributed by atoms with Crippen LogP contribution in [-0.4, -0.2) is 33.4 Å². The molecule has 1 N–H and O–H groups in total. The van der Waals surface area contributed by atoms with E-state index >= 15 is 0 Å². The SMILES string of the molecule is CSCC[C@@H](C(=O)O)n1c[n+]([O-])c(C(C)=O)c1C. The molecule has 0 aliphatic carbocycles. The summed E-state index contributed by atoms with van der Waals surface area (Å²) in [4.78, 5) is 22.5. The Morgan fingerprint density at radius 3 is 2.61 bits per heavy atom. The van der Waals surface area contributed by atoms with E-state index in [0.29, 0.717) is 22.6 Å². The summed E-state index contributed by atoms with van der Waals surface area (Å²) < 4.78 is 1.80. The Hall–Kier alpha value is -1.50. The second kappa shape index (κ2) is 5.90. The highest BCUT2D eigenvalue weighted by Gasteiger charge is 2.30. The number of Topliss-reactive ketones (excluding diaryl/α,β-unsaturated/α-hetero) is 1. The molecule has 100 valence electrons. The molecule has 0 bridgehead atoms. The number of rotatable bonds is 6. The predicted molar refractivity (Wildman–Crippen MR) is 67.8 cm³/mol. The molecule has 18 heavy (non-hydrogen) atoms. The van der Waals surface area contributed by atoms with Crippen LogP contribution in [0.15, 0.2) is 6.33 Å². The molecule has 0 aliphatic rings. The molecule has 1 atom stereocenters. The maximum Gasteiger partial charge on any atom is 0.349 e. The molecule has 1 aromatic rings. The molecule has 1 aromatic heterocycles. The standard InChI is InChI=1S/C11H16N2O4S/c1-7-10(8(2)14)13(17)6-12(7)9(11(15)16)4-5-18-3/h6,9H,4-5H2,1-3H3,(H,15,16)/t9-/m0/s1. The minimum absolute atomic E-state index is 0.00500. The molecular formula is C11H16N2O4S. The minimum Gasteiger partial charge on any atom is -0.710 e. The molecule has 0 aliphatic heterocycles. The van der Waals surface area contributed by atoms with E-state index in [1.807, 2.05) is 6.26 Å². The van der Waals surface area contributed by atoms with Crippen molar-refractivity contribution < 1.29 is 19.4 Å². The zero-order valence-corrected chi connectivity index (χ0v) is 11.4. The van der Waals surface area contributed by atoms with Gasteiger partial charge in [0.05, 0.1) is 0 Å². The van der Waals surface area contributed by atoms with E-state index in [1.54, 1.807) is 6.92 Å². The first-order valence-electron chi connectivity index (χ1n) is 5.43. The zero-order valence-electron chi connectivity index (χ0n) is 10.5. The lowest BCUT2D eigenvalue weighted by molar-refractivity contribution is -0.607. The molecule has 0 fully saturated rings. The number of ketones is 1. The lowest BCUT2D eigenvalue weighted by Gasteiger charge is -2.09. The molecule has 0 saturated carbocycles. The molecule has 7 heteroatoms. The van der Waals surface area contributed by atoms with E-state index in [0.717, 1.165) is 6.33 Å². The van der Waals surface area contributed by atoms with Gasteiger partial charge in [0.1, 0.15) is 0 Å². The molecule has 1 rings (SSSR count). The molecule has 0 radical (unpaired) electrons. The molecule has 0 unspecified atom stereocenters. The van der Waals surface area contributed by atoms with Crippen LogP contribution in [0.4, 0.5) is 0 Å². The fourth-order valence-electron chi connectivity index (χ4n) is 1.87. The van der Waals surface area contributed by atoms with Crippen molar-refractivity contribution in [2.24, 2.45) is 0 Å². The number of thioether (sulfide) groups is 1. The molecule has 0 saturated heterocycles. The Balaban J connectivity index is 3.17. The van der Waals surface area contributed by atoms with Crippen molar-refractivity contribution in [2.45, 2.75) is 26.3 Å². The van der Waals surface area contributed by atoms with Gasteiger partial charge < -0.3 is 10.3 Å². The minimum atomic E-state index is -1.00. The molecule has 0 spiro atoms. The average molecular weight is 272 g/mol. The van der Waals surface area contributed by atoms with Crippen LogP contribution in [0, 0.1) is 12.1 Å². The smallest absolute Gasteiger partial charge is 0.349 e. The Morgan fingerprint density at radius 2 is 2.22 bits per heavy atom. The summed E-state index contributed by atoms with van der Waals surface area (Å²) in [6.45, 7) is 2.87. The first-order chi connectivity index (χ1) is 8.40. The van der Waals surface area contributed by atoms with Crippen molar-refractivity contribution in [2.75, 3.05) is 12.0 Å². The Bertz CT molecular complexity index is 470. The van der Waals surface area contributed by atoms with E-state index in [2.05, 4.69) is 0 Å². The van der Waals surface area contributed by atoms with Crippen LogP contribution in [-0.2, 0) is 4.79 Å². The third-order valence-corrected chi connectivity index (χ3v) is 3.37. The number of carboxylic acids is 1. The van der Waals surface area contributed by atoms with Crippen molar-refractivity contribution in [3.8, 4) is 0 Å². The monoisotopic (exact) mass is 272 g/mol. The fourth-order valence-corrected chi connectivity index (χ4v) is 2.33. The number of carbonyl (C=O) groups is 2. The van der Waals surface area contributed by atoms with Gasteiger partial charge in [-0.3, -0.25) is 4.79 Å². The fraction of sp³-hybridized carbons (Fsp3) is 0.545. The van der Waals surface area contributed by atoms with Crippen molar-refractivity contribution in [3.63, 3.8) is 0 Å². The number of hydrogen-bond acceptors (Lipinski definition) is 4. The maximum absolute atomic E-state index is 11.6. The summed E-state index contributed by atoms with van der Waals surface area (Å²) in [6.07, 6.45) is 3.42. The Labute approximate surface area is 109 Å². The molecule has 6 nitrogen and oxygen atoms in total. The van der Waals surface area contributed by atoms with Gasteiger partial charge in [0.2, 0.25) is 17.8 Å². The summed E-state index contributed by atoms with van der Waals surface area (Å²) in [5.41, 5.74) is 0.399. The lowest BCUT2D eigenvalue weighted by Crippen LogP contribution is -2.31. The lowest BCUT2D eigenvalue weighted by atomic mass is 10.2. The largest absolute Gasteiger partial charge is 0.710 e. The maximum atomic E-state index is 11.6. The van der Waals surface area contributed by atoms with E-state index in [9.17, 15) is 19.9 Å². The van der Waals surface area contributed by atoms with Crippen molar-refractivity contribution in [3.05, 3.63) is 22.9 Å². The van der Waals surface area contributed by atoms with Crippen LogP contribution >= 0.6 is 11.8 Å². The topological polar surface area (TPSA) is 86.2 Å². The summed E-state index contributed by atoms with van der Waals surface area (Å²) >= 11 is 1.54. The van der Waals surface area contributed by atoms with E-state index in [4.69, 9.17) is 0 Å². The summed E-state index contributed by atoms with van der Waals surface area (Å²) in [7, 11) is 0. The predicted octanol–water partition coefficient (Wildman–Crippen LogP) is 1.01. The summed E-state index contributed by atoms with van der Waals surface area (Å²) in [5.74, 6) is -0.698. The number of aliphatic carboxylic acids is 1. The normalized spacial score (nSPS) is 12.4. The van der Waals surface area contributed by atoms with Gasteiger partial charge >= 0.3 is 5.97 Å². The van der Waals surface area contributed by atoms with Gasteiger partial charge in [0.15, 0.2) is 11.7 Å². The van der Waals surface area contributed by atoms with Gasteiger partial charge in [0.25, 0.3) is 0 Å². The van der Waals surface area contributed by atoms with Gasteiger partial charge in [-0.25, -0.2) is 14.1 Å². The zero-order chi connectivity index (χ0) is 13.9. The third-order valence-electron chi connectivity index (χ3n) is 2.73. The molecule has 0 amide bonds. The van der Waals surface area contributed by atoms with Gasteiger partial charge in [-0.2, -0.15) is 11.8 Å². The highest BCUT2D eigenvalue weighted by atomic mass is 32.2. The highest BCUT2D eigenvalue weighted by Crippen LogP contribution is 2.18. The average Bonchev–Trinajstić information content (AvgIpc) is 2.54. The second-order valence-electron chi connectivity index (χ2n) is 3.97. The number of carboxylic acid groups (broad SMARTS) is 1. The number of imidazole rings is 1. The Kier molecular flexibility index (Phi) is 4.77. The van der Waals surface area contributed by atoms with E-state index in [1.165, 1.54) is 23.3 Å². The van der Waals surface area contributed by atoms with Gasteiger partial charge in [0, 0.05) is 20.3 Å². The van der Waals surface area contributed by atoms with Crippen molar-refractivity contribution in [1.29, 1.82) is 0 Å². The summed E-state index contributed by atoms with van der Waals surface area (Å²) in [5, 5.41) is 20.8. The van der Waals surface area contributed by atoms with Crippen LogP contribution in [0.5, 0.6) is 0 Å². The van der Waals surface area contributed by atoms with E-state index < -0.39 is 12.0 Å². The van der Waals surface area contributed by atoms with Crippen molar-refractivity contribution >= 4 is 23.5 Å². The molecule has 1 heterocycles. The number of carbonyl (C=O) groups excluding carboxylic acids is 1. The van der Waals surface area contributed by atoms with Gasteiger partial charge in [-0.05, 0) is 12.0 Å². The van der Waals surface area contributed by atoms with Gasteiger partial charge in [-0.15, -0.1) is 0 Å². The third kappa shape index (κ3) is 2.84. The van der Waals surface area contributed by atoms with E-state index in [-0.39, 0.29) is 11.5 Å². The van der Waals surface area contributed by atoms with Gasteiger partial charge in [-0.1, -0.05) is 0 Å². The van der Waals surface area contributed by atoms with Crippen LogP contribution in [0.2, 0.25) is 0 Å². The van der Waals surface area contributed by atoms with Crippen LogP contribution in [0.1, 0.15) is 35.6 Å². The van der Waals surface area contributed by atoms with Crippen LogP contribution in [0.3, 0.4) is 0 Å². The molecular weight excluding hydrogens is 256 g/mol. The first-order valence-corrected chi connectivity index (χ1v) is 6.82. The first kappa shape index (κ1) is 14.6.